The average Bonchev–Trinajstić information content (AvgIpc) is 3.09. The highest BCUT2D eigenvalue weighted by Gasteiger charge is 2.12. The molecule has 0 spiro atoms. The maximum Gasteiger partial charge on any atom is 0.257 e. The van der Waals surface area contributed by atoms with Gasteiger partial charge in [-0.3, -0.25) is 4.79 Å². The highest BCUT2D eigenvalue weighted by atomic mass is 16.3. The number of carbonyl (C=O) groups excluding carboxylic acids is 1. The van der Waals surface area contributed by atoms with Crippen molar-refractivity contribution in [2.75, 3.05) is 24.3 Å². The van der Waals surface area contributed by atoms with Gasteiger partial charge in [0.25, 0.3) is 5.91 Å². The minimum absolute atomic E-state index is 0.177. The quantitative estimate of drug-likeness (QED) is 0.790. The van der Waals surface area contributed by atoms with E-state index >= 15 is 0 Å². The molecule has 0 saturated carbocycles. The maximum absolute atomic E-state index is 12.5. The Hall–Kier alpha value is -3.08. The summed E-state index contributed by atoms with van der Waals surface area (Å²) in [6.07, 6.45) is 1.60. The largest absolute Gasteiger partial charge is 0.463 e. The molecule has 0 atom stereocenters. The van der Waals surface area contributed by atoms with Crippen LogP contribution in [0.4, 0.5) is 11.4 Å². The topological polar surface area (TPSA) is 58.4 Å². The fourth-order valence-electron chi connectivity index (χ4n) is 2.40. The van der Waals surface area contributed by atoms with Gasteiger partial charge >= 0.3 is 0 Å². The van der Waals surface area contributed by atoms with Crippen molar-refractivity contribution in [1.82, 2.24) is 4.98 Å². The molecule has 1 amide bonds. The van der Waals surface area contributed by atoms with Gasteiger partial charge in [0.05, 0.1) is 17.5 Å². The number of anilines is 2. The number of hydrogen-bond acceptors (Lipinski definition) is 4. The molecule has 2 heterocycles. The molecule has 2 aromatic heterocycles. The molecule has 3 aromatic rings. The van der Waals surface area contributed by atoms with Crippen LogP contribution in [0.5, 0.6) is 0 Å². The number of hydrogen-bond donors (Lipinski definition) is 1. The molecule has 0 saturated heterocycles. The second-order valence-corrected chi connectivity index (χ2v) is 5.70. The number of rotatable bonds is 4. The van der Waals surface area contributed by atoms with Crippen molar-refractivity contribution < 1.29 is 9.21 Å². The Labute approximate surface area is 140 Å². The molecule has 0 aliphatic rings. The molecule has 24 heavy (non-hydrogen) atoms. The third-order valence-electron chi connectivity index (χ3n) is 3.75. The van der Waals surface area contributed by atoms with Gasteiger partial charge in [-0.25, -0.2) is 4.98 Å². The predicted octanol–water partition coefficient (Wildman–Crippen LogP) is 3.97. The highest BCUT2D eigenvalue weighted by Crippen LogP contribution is 2.21. The molecule has 122 valence electrons. The first-order valence-electron chi connectivity index (χ1n) is 7.65. The van der Waals surface area contributed by atoms with Crippen molar-refractivity contribution >= 4 is 17.3 Å². The number of carbonyl (C=O) groups is 1. The zero-order chi connectivity index (χ0) is 17.1. The van der Waals surface area contributed by atoms with Crippen LogP contribution in [0, 0.1) is 6.92 Å². The number of furan rings is 1. The van der Waals surface area contributed by atoms with Gasteiger partial charge in [0.2, 0.25) is 0 Å². The smallest absolute Gasteiger partial charge is 0.257 e. The molecule has 3 rings (SSSR count). The van der Waals surface area contributed by atoms with Crippen molar-refractivity contribution in [1.29, 1.82) is 0 Å². The van der Waals surface area contributed by atoms with Gasteiger partial charge in [0, 0.05) is 25.5 Å². The summed E-state index contributed by atoms with van der Waals surface area (Å²) in [5.41, 5.74) is 3.74. The second-order valence-electron chi connectivity index (χ2n) is 5.70. The molecule has 0 bridgehead atoms. The Kier molecular flexibility index (Phi) is 4.33. The Morgan fingerprint density at radius 2 is 1.83 bits per heavy atom. The lowest BCUT2D eigenvalue weighted by Crippen LogP contribution is -2.14. The number of aryl methyl sites for hydroxylation is 1. The monoisotopic (exact) mass is 321 g/mol. The van der Waals surface area contributed by atoms with Gasteiger partial charge < -0.3 is 14.6 Å². The summed E-state index contributed by atoms with van der Waals surface area (Å²) in [4.78, 5) is 18.9. The van der Waals surface area contributed by atoms with E-state index in [-0.39, 0.29) is 5.91 Å². The summed E-state index contributed by atoms with van der Waals surface area (Å²) >= 11 is 0. The summed E-state index contributed by atoms with van der Waals surface area (Å²) in [6.45, 7) is 1.82. The van der Waals surface area contributed by atoms with Crippen molar-refractivity contribution in [2.45, 2.75) is 6.92 Å². The Morgan fingerprint density at radius 3 is 2.42 bits per heavy atom. The van der Waals surface area contributed by atoms with Crippen molar-refractivity contribution in [3.05, 3.63) is 66.1 Å². The summed E-state index contributed by atoms with van der Waals surface area (Å²) in [5, 5.41) is 2.90. The van der Waals surface area contributed by atoms with Crippen LogP contribution in [-0.2, 0) is 0 Å². The first-order chi connectivity index (χ1) is 11.5. The highest BCUT2D eigenvalue weighted by molar-refractivity contribution is 6.05. The van der Waals surface area contributed by atoms with E-state index in [2.05, 4.69) is 10.3 Å². The van der Waals surface area contributed by atoms with Crippen molar-refractivity contribution in [3.63, 3.8) is 0 Å². The first-order valence-corrected chi connectivity index (χ1v) is 7.65. The van der Waals surface area contributed by atoms with Gasteiger partial charge in [-0.1, -0.05) is 0 Å². The number of amides is 1. The van der Waals surface area contributed by atoms with Crippen LogP contribution in [0.15, 0.2) is 59.2 Å². The van der Waals surface area contributed by atoms with E-state index in [0.717, 1.165) is 11.4 Å². The first kappa shape index (κ1) is 15.8. The molecule has 0 aliphatic heterocycles. The molecule has 5 heteroatoms. The zero-order valence-electron chi connectivity index (χ0n) is 13.9. The third kappa shape index (κ3) is 3.30. The van der Waals surface area contributed by atoms with Gasteiger partial charge in [-0.2, -0.15) is 0 Å². The van der Waals surface area contributed by atoms with Crippen LogP contribution in [0.2, 0.25) is 0 Å². The minimum Gasteiger partial charge on any atom is -0.463 e. The summed E-state index contributed by atoms with van der Waals surface area (Å²) in [5.74, 6) is 0.507. The summed E-state index contributed by atoms with van der Waals surface area (Å²) < 4.78 is 5.33. The molecule has 0 fully saturated rings. The van der Waals surface area contributed by atoms with E-state index in [0.29, 0.717) is 22.7 Å². The molecular weight excluding hydrogens is 302 g/mol. The Morgan fingerprint density at radius 1 is 1.08 bits per heavy atom. The normalized spacial score (nSPS) is 10.5. The fourth-order valence-corrected chi connectivity index (χ4v) is 2.40. The maximum atomic E-state index is 12.5. The van der Waals surface area contributed by atoms with Crippen molar-refractivity contribution in [3.8, 4) is 11.5 Å². The fraction of sp³-hybridized carbons (Fsp3) is 0.158. The van der Waals surface area contributed by atoms with Crippen LogP contribution in [0.1, 0.15) is 16.1 Å². The van der Waals surface area contributed by atoms with E-state index in [1.54, 1.807) is 18.4 Å². The van der Waals surface area contributed by atoms with E-state index in [1.165, 1.54) is 0 Å². The van der Waals surface area contributed by atoms with Gasteiger partial charge in [-0.15, -0.1) is 0 Å². The molecule has 0 radical (unpaired) electrons. The minimum atomic E-state index is -0.177. The standard InChI is InChI=1S/C19H19N3O2/c1-13-16(10-11-17(20-13)18-5-4-12-24-18)19(23)21-14-6-8-15(9-7-14)22(2)3/h4-12H,1-3H3,(H,21,23). The summed E-state index contributed by atoms with van der Waals surface area (Å²) in [6, 6.07) is 14.9. The van der Waals surface area contributed by atoms with E-state index in [1.807, 2.05) is 62.3 Å². The number of pyridine rings is 1. The number of benzene rings is 1. The number of aromatic nitrogens is 1. The molecule has 5 nitrogen and oxygen atoms in total. The van der Waals surface area contributed by atoms with Crippen LogP contribution in [0.3, 0.4) is 0 Å². The second kappa shape index (κ2) is 6.58. The molecule has 1 N–H and O–H groups in total. The van der Waals surface area contributed by atoms with E-state index in [9.17, 15) is 4.79 Å². The predicted molar refractivity (Wildman–Crippen MR) is 95.4 cm³/mol. The average molecular weight is 321 g/mol. The number of nitrogens with one attached hydrogen (secondary N) is 1. The number of nitrogens with zero attached hydrogens (tertiary/aromatic N) is 2. The van der Waals surface area contributed by atoms with Crippen LogP contribution in [0.25, 0.3) is 11.5 Å². The zero-order valence-corrected chi connectivity index (χ0v) is 13.9. The van der Waals surface area contributed by atoms with E-state index < -0.39 is 0 Å². The SMILES string of the molecule is Cc1nc(-c2ccco2)ccc1C(=O)Nc1ccc(N(C)C)cc1. The molecule has 1 aromatic carbocycles. The third-order valence-corrected chi connectivity index (χ3v) is 3.75. The summed E-state index contributed by atoms with van der Waals surface area (Å²) in [7, 11) is 3.95. The molecule has 0 aliphatic carbocycles. The molecular formula is C19H19N3O2. The van der Waals surface area contributed by atoms with Crippen LogP contribution >= 0.6 is 0 Å². The van der Waals surface area contributed by atoms with Gasteiger partial charge in [0.15, 0.2) is 5.76 Å². The van der Waals surface area contributed by atoms with Gasteiger partial charge in [0.1, 0.15) is 5.69 Å². The Balaban J connectivity index is 1.77. The van der Waals surface area contributed by atoms with Gasteiger partial charge in [-0.05, 0) is 55.5 Å². The van der Waals surface area contributed by atoms with Crippen LogP contribution < -0.4 is 10.2 Å². The lowest BCUT2D eigenvalue weighted by molar-refractivity contribution is 0.102. The van der Waals surface area contributed by atoms with E-state index in [4.69, 9.17) is 4.42 Å². The van der Waals surface area contributed by atoms with Crippen molar-refractivity contribution in [2.24, 2.45) is 0 Å². The molecule has 0 unspecified atom stereocenters. The Bertz CT molecular complexity index is 838. The van der Waals surface area contributed by atoms with Crippen LogP contribution in [-0.4, -0.2) is 25.0 Å². The lowest BCUT2D eigenvalue weighted by Gasteiger charge is -2.13. The lowest BCUT2D eigenvalue weighted by atomic mass is 10.1.